The monoisotopic (exact) mass is 196 g/mol. The van der Waals surface area contributed by atoms with E-state index in [0.29, 0.717) is 5.92 Å². The van der Waals surface area contributed by atoms with Crippen LogP contribution in [0.2, 0.25) is 5.21 Å². The second-order valence-electron chi connectivity index (χ2n) is 7.15. The molecule has 4 atom stereocenters. The summed E-state index contributed by atoms with van der Waals surface area (Å²) in [5.74, 6) is 4.46. The van der Waals surface area contributed by atoms with Gasteiger partial charge in [0.15, 0.2) is 0 Å². The van der Waals surface area contributed by atoms with Crippen molar-refractivity contribution in [3.63, 3.8) is 0 Å². The van der Waals surface area contributed by atoms with Crippen LogP contribution in [-0.2, 0) is 0 Å². The normalized spacial score (nSPS) is 60.5. The van der Waals surface area contributed by atoms with E-state index >= 15 is 0 Å². The lowest BCUT2D eigenvalue weighted by atomic mass is 9.43. The molecule has 4 fully saturated rings. The Morgan fingerprint density at radius 3 is 2.00 bits per heavy atom. The smallest absolute Gasteiger partial charge is 0.0620 e. The zero-order valence-corrected chi connectivity index (χ0v) is 9.58. The molecule has 0 aromatic carbocycles. The summed E-state index contributed by atoms with van der Waals surface area (Å²) >= 11 is 0. The second-order valence-corrected chi connectivity index (χ2v) is 7.15. The van der Waals surface area contributed by atoms with Gasteiger partial charge in [-0.2, -0.15) is 0 Å². The summed E-state index contributed by atoms with van der Waals surface area (Å²) in [6.45, 7) is 2.05. The first-order valence-corrected chi connectivity index (χ1v) is 6.58. The van der Waals surface area contributed by atoms with Gasteiger partial charge in [-0.1, -0.05) is 12.1 Å². The van der Waals surface area contributed by atoms with Crippen LogP contribution in [0, 0.1) is 35.0 Å². The van der Waals surface area contributed by atoms with E-state index < -0.39 is 5.21 Å². The van der Waals surface area contributed by atoms with Gasteiger partial charge >= 0.3 is 0 Å². The fraction of sp³-hybridized carbons (Fsp3) is 1.00. The minimum Gasteiger partial charge on any atom is -0.0984 e. The minimum absolute atomic E-state index is 0.428. The first kappa shape index (κ1) is 9.19. The molecular weight excluding hydrogens is 178 g/mol. The molecule has 4 rings (SSSR count). The third kappa shape index (κ3) is 0.897. The van der Waals surface area contributed by atoms with E-state index in [1.54, 1.807) is 0 Å². The van der Waals surface area contributed by atoms with E-state index in [1.165, 1.54) is 32.1 Å². The summed E-state index contributed by atoms with van der Waals surface area (Å²) in [4.78, 5) is 0. The summed E-state index contributed by atoms with van der Waals surface area (Å²) in [6, 6.07) is 0. The average molecular weight is 196 g/mol. The van der Waals surface area contributed by atoms with Crippen LogP contribution in [0.15, 0.2) is 0 Å². The van der Waals surface area contributed by atoms with Gasteiger partial charge in [0.1, 0.15) is 0 Å². The van der Waals surface area contributed by atoms with Crippen molar-refractivity contribution in [3.05, 3.63) is 0 Å². The third-order valence-electron chi connectivity index (χ3n) is 6.39. The number of rotatable bonds is 1. The Balaban J connectivity index is 1.76. The lowest BCUT2D eigenvalue weighted by molar-refractivity contribution is -0.00207. The first-order chi connectivity index (χ1) is 7.01. The van der Waals surface area contributed by atoms with Crippen LogP contribution in [0.4, 0.5) is 0 Å². The van der Waals surface area contributed by atoms with Gasteiger partial charge in [-0.25, -0.2) is 0 Å². The fourth-order valence-corrected chi connectivity index (χ4v) is 6.22. The molecule has 15 heavy (non-hydrogen) atoms. The van der Waals surface area contributed by atoms with Crippen molar-refractivity contribution in [2.24, 2.45) is 35.0 Å². The highest BCUT2D eigenvalue weighted by Gasteiger charge is 2.69. The maximum absolute atomic E-state index is 6.21. The lowest BCUT2D eigenvalue weighted by Crippen LogP contribution is -2.42. The van der Waals surface area contributed by atoms with E-state index in [9.17, 15) is 0 Å². The van der Waals surface area contributed by atoms with Crippen LogP contribution in [0.3, 0.4) is 0 Å². The quantitative estimate of drug-likeness (QED) is 0.565. The molecule has 0 saturated heterocycles. The summed E-state index contributed by atoms with van der Waals surface area (Å²) < 4.78 is 0. The van der Waals surface area contributed by atoms with Crippen molar-refractivity contribution in [1.29, 1.82) is 0 Å². The lowest BCUT2D eigenvalue weighted by Gasteiger charge is -2.50. The van der Waals surface area contributed by atoms with Crippen molar-refractivity contribution >= 4 is 15.7 Å². The van der Waals surface area contributed by atoms with Crippen molar-refractivity contribution in [3.8, 4) is 0 Å². The average Bonchev–Trinajstić information content (AvgIpc) is 2.43. The van der Waals surface area contributed by atoms with Crippen LogP contribution in [0.5, 0.6) is 0 Å². The van der Waals surface area contributed by atoms with Crippen LogP contribution in [-0.4, -0.2) is 15.7 Å². The Morgan fingerprint density at radius 1 is 1.00 bits per heavy atom. The number of hydrogen-bond donors (Lipinski definition) is 0. The van der Waals surface area contributed by atoms with Crippen LogP contribution < -0.4 is 0 Å². The summed E-state index contributed by atoms with van der Waals surface area (Å²) in [7, 11) is 12.4. The Labute approximate surface area is 95.4 Å². The number of fused-ring (bicyclic) bond motifs is 2. The molecule has 76 valence electrons. The predicted octanol–water partition coefficient (Wildman–Crippen LogP) is 2.53. The van der Waals surface area contributed by atoms with Gasteiger partial charge in [0.25, 0.3) is 0 Å². The maximum atomic E-state index is 6.21. The summed E-state index contributed by atoms with van der Waals surface area (Å²) in [5, 5.41) is -0.428. The molecule has 0 N–H and O–H groups in total. The molecule has 4 radical (unpaired) electrons. The number of hydrogen-bond acceptors (Lipinski definition) is 0. The Morgan fingerprint density at radius 2 is 1.53 bits per heavy atom. The molecule has 4 saturated carbocycles. The predicted molar refractivity (Wildman–Crippen MR) is 62.8 cm³/mol. The molecule has 4 unspecified atom stereocenters. The molecule has 0 aromatic rings. The zero-order valence-electron chi connectivity index (χ0n) is 9.58. The van der Waals surface area contributed by atoms with Gasteiger partial charge in [-0.05, 0) is 67.1 Å². The third-order valence-corrected chi connectivity index (χ3v) is 6.39. The highest BCUT2D eigenvalue weighted by molar-refractivity contribution is 6.39. The van der Waals surface area contributed by atoms with Crippen LogP contribution in [0.25, 0.3) is 0 Å². The first-order valence-electron chi connectivity index (χ1n) is 6.58. The summed E-state index contributed by atoms with van der Waals surface area (Å²) in [5.41, 5.74) is 0.803. The molecule has 0 amide bonds. The molecule has 2 heteroatoms. The molecule has 0 aliphatic heterocycles. The van der Waals surface area contributed by atoms with E-state index in [1.807, 2.05) is 6.92 Å². The van der Waals surface area contributed by atoms with Gasteiger partial charge in [-0.15, -0.1) is 0 Å². The van der Waals surface area contributed by atoms with E-state index in [4.69, 9.17) is 15.7 Å². The molecule has 0 nitrogen and oxygen atoms in total. The van der Waals surface area contributed by atoms with Crippen molar-refractivity contribution in [1.82, 2.24) is 0 Å². The van der Waals surface area contributed by atoms with Gasteiger partial charge in [0.05, 0.1) is 15.7 Å². The molecule has 4 aliphatic carbocycles. The minimum atomic E-state index is -0.428. The molecule has 3 bridgehead atoms. The molecule has 0 aromatic heterocycles. The second kappa shape index (κ2) is 2.36. The largest absolute Gasteiger partial charge is 0.0984 e. The van der Waals surface area contributed by atoms with Crippen LogP contribution in [0.1, 0.15) is 39.0 Å². The van der Waals surface area contributed by atoms with E-state index in [0.717, 1.165) is 29.1 Å². The topological polar surface area (TPSA) is 0 Å². The Hall–Kier alpha value is 0.130. The molecule has 1 spiro atoms. The molecular formula is C13H18B2. The van der Waals surface area contributed by atoms with E-state index in [-0.39, 0.29) is 0 Å². The van der Waals surface area contributed by atoms with Crippen molar-refractivity contribution in [2.45, 2.75) is 44.2 Å². The van der Waals surface area contributed by atoms with Crippen LogP contribution >= 0.6 is 0 Å². The van der Waals surface area contributed by atoms with Crippen molar-refractivity contribution < 1.29 is 0 Å². The summed E-state index contributed by atoms with van der Waals surface area (Å²) in [6.07, 6.45) is 7.36. The highest BCUT2D eigenvalue weighted by Crippen LogP contribution is 2.78. The van der Waals surface area contributed by atoms with Gasteiger partial charge in [0.2, 0.25) is 0 Å². The Kier molecular flexibility index (Phi) is 1.45. The Bertz CT molecular complexity index is 293. The molecule has 0 heterocycles. The van der Waals surface area contributed by atoms with E-state index in [2.05, 4.69) is 0 Å². The maximum Gasteiger partial charge on any atom is 0.0620 e. The molecule has 4 aliphatic rings. The SMILES string of the molecule is [B]C([B])(C)C1C2CC3CC4CC1CC34C2. The zero-order chi connectivity index (χ0) is 10.4. The van der Waals surface area contributed by atoms with Gasteiger partial charge in [-0.3, -0.25) is 0 Å². The van der Waals surface area contributed by atoms with Gasteiger partial charge in [0, 0.05) is 0 Å². The fourth-order valence-electron chi connectivity index (χ4n) is 6.22. The highest BCUT2D eigenvalue weighted by atomic mass is 14.7. The van der Waals surface area contributed by atoms with Gasteiger partial charge < -0.3 is 0 Å². The van der Waals surface area contributed by atoms with Crippen molar-refractivity contribution in [2.75, 3.05) is 0 Å². The standard InChI is InChI=1S/C13H18B2/c1-12(14,15)11-7-2-9-4-10-3-8(11)6-13(9,10)5-7/h7-11H,2-6H2,1H3.